The topological polar surface area (TPSA) is 82.0 Å². The van der Waals surface area contributed by atoms with Gasteiger partial charge < -0.3 is 10.6 Å². The third kappa shape index (κ3) is 4.46. The van der Waals surface area contributed by atoms with E-state index in [1.807, 2.05) is 36.4 Å². The first-order chi connectivity index (χ1) is 10.7. The van der Waals surface area contributed by atoms with Gasteiger partial charge in [0.25, 0.3) is 0 Å². The molecule has 0 aliphatic heterocycles. The lowest BCUT2D eigenvalue weighted by Gasteiger charge is -2.08. The van der Waals surface area contributed by atoms with Gasteiger partial charge in [-0.2, -0.15) is 5.26 Å². The van der Waals surface area contributed by atoms with Crippen molar-refractivity contribution in [3.8, 4) is 6.07 Å². The molecule has 0 heterocycles. The lowest BCUT2D eigenvalue weighted by Crippen LogP contribution is -2.33. The number of hydrogen-bond acceptors (Lipinski definition) is 3. The molecule has 0 radical (unpaired) electrons. The minimum atomic E-state index is -0.371. The van der Waals surface area contributed by atoms with Crippen LogP contribution in [0.25, 0.3) is 0 Å². The molecule has 5 heteroatoms. The Morgan fingerprint density at radius 1 is 0.955 bits per heavy atom. The van der Waals surface area contributed by atoms with Crippen LogP contribution in [0.1, 0.15) is 11.1 Å². The van der Waals surface area contributed by atoms with Gasteiger partial charge in [0, 0.05) is 0 Å². The maximum absolute atomic E-state index is 11.8. The summed E-state index contributed by atoms with van der Waals surface area (Å²) in [5, 5.41) is 14.1. The smallest absolute Gasteiger partial charge is 0.243 e. The van der Waals surface area contributed by atoms with Gasteiger partial charge in [-0.3, -0.25) is 9.59 Å². The number of para-hydroxylation sites is 1. The molecule has 0 aliphatic carbocycles. The lowest BCUT2D eigenvalue weighted by molar-refractivity contribution is -0.123. The van der Waals surface area contributed by atoms with Crippen LogP contribution >= 0.6 is 0 Å². The highest BCUT2D eigenvalue weighted by Crippen LogP contribution is 2.12. The number of nitrogens with one attached hydrogen (secondary N) is 2. The fraction of sp³-hybridized carbons (Fsp3) is 0.118. The van der Waals surface area contributed by atoms with Gasteiger partial charge in [-0.05, 0) is 17.7 Å². The predicted octanol–water partition coefficient (Wildman–Crippen LogP) is 1.86. The molecule has 0 atom stereocenters. The van der Waals surface area contributed by atoms with Gasteiger partial charge >= 0.3 is 0 Å². The van der Waals surface area contributed by atoms with Crippen LogP contribution in [0.5, 0.6) is 0 Å². The lowest BCUT2D eigenvalue weighted by atomic mass is 10.1. The fourth-order valence-corrected chi connectivity index (χ4v) is 1.91. The highest BCUT2D eigenvalue weighted by molar-refractivity contribution is 5.95. The van der Waals surface area contributed by atoms with E-state index in [4.69, 9.17) is 5.26 Å². The normalized spacial score (nSPS) is 9.59. The van der Waals surface area contributed by atoms with Gasteiger partial charge in [-0.1, -0.05) is 42.5 Å². The third-order valence-corrected chi connectivity index (χ3v) is 2.98. The number of hydrogen-bond donors (Lipinski definition) is 2. The SMILES string of the molecule is N#Cc1ccccc1NC(=O)CNC(=O)Cc1ccccc1. The van der Waals surface area contributed by atoms with Gasteiger partial charge in [-0.15, -0.1) is 0 Å². The molecule has 0 saturated heterocycles. The molecule has 2 aromatic carbocycles. The number of anilines is 1. The molecule has 0 saturated carbocycles. The van der Waals surface area contributed by atoms with Crippen molar-refractivity contribution >= 4 is 17.5 Å². The maximum atomic E-state index is 11.8. The number of benzene rings is 2. The number of amides is 2. The van der Waals surface area contributed by atoms with Gasteiger partial charge in [0.05, 0.1) is 24.2 Å². The van der Waals surface area contributed by atoms with Crippen molar-refractivity contribution in [1.29, 1.82) is 5.26 Å². The van der Waals surface area contributed by atoms with Crippen molar-refractivity contribution in [2.24, 2.45) is 0 Å². The summed E-state index contributed by atoms with van der Waals surface area (Å²) in [4.78, 5) is 23.6. The molecule has 2 aromatic rings. The van der Waals surface area contributed by atoms with Gasteiger partial charge in [0.2, 0.25) is 11.8 Å². The average molecular weight is 293 g/mol. The van der Waals surface area contributed by atoms with Crippen LogP contribution in [0, 0.1) is 11.3 Å². The Hall–Kier alpha value is -3.13. The summed E-state index contributed by atoms with van der Waals surface area (Å²) in [6, 6.07) is 18.0. The molecule has 0 spiro atoms. The largest absolute Gasteiger partial charge is 0.347 e. The number of carbonyl (C=O) groups is 2. The summed E-state index contributed by atoms with van der Waals surface area (Å²) < 4.78 is 0. The van der Waals surface area contributed by atoms with E-state index in [2.05, 4.69) is 10.6 Å². The molecular formula is C17H15N3O2. The van der Waals surface area contributed by atoms with Crippen LogP contribution in [0.2, 0.25) is 0 Å². The van der Waals surface area contributed by atoms with E-state index in [1.54, 1.807) is 24.3 Å². The fourth-order valence-electron chi connectivity index (χ4n) is 1.91. The van der Waals surface area contributed by atoms with Crippen LogP contribution < -0.4 is 10.6 Å². The van der Waals surface area contributed by atoms with E-state index in [0.717, 1.165) is 5.56 Å². The van der Waals surface area contributed by atoms with Crippen LogP contribution in [-0.4, -0.2) is 18.4 Å². The Bertz CT molecular complexity index is 705. The minimum Gasteiger partial charge on any atom is -0.347 e. The number of carbonyl (C=O) groups excluding carboxylic acids is 2. The molecule has 2 rings (SSSR count). The van der Waals surface area contributed by atoms with Crippen molar-refractivity contribution in [1.82, 2.24) is 5.32 Å². The highest BCUT2D eigenvalue weighted by atomic mass is 16.2. The standard InChI is InChI=1S/C17H15N3O2/c18-11-14-8-4-5-9-15(14)20-17(22)12-19-16(21)10-13-6-2-1-3-7-13/h1-9H,10,12H2,(H,19,21)(H,20,22). The van der Waals surface area contributed by atoms with Crippen LogP contribution in [-0.2, 0) is 16.0 Å². The molecule has 0 aliphatic rings. The van der Waals surface area contributed by atoms with E-state index < -0.39 is 0 Å². The quantitative estimate of drug-likeness (QED) is 0.882. The van der Waals surface area contributed by atoms with Crippen LogP contribution in [0.3, 0.4) is 0 Å². The van der Waals surface area contributed by atoms with E-state index in [0.29, 0.717) is 11.3 Å². The Labute approximate surface area is 128 Å². The monoisotopic (exact) mass is 293 g/mol. The molecule has 0 bridgehead atoms. The summed E-state index contributed by atoms with van der Waals surface area (Å²) in [6.45, 7) is -0.134. The summed E-state index contributed by atoms with van der Waals surface area (Å²) in [6.07, 6.45) is 0.225. The Balaban J connectivity index is 1.83. The van der Waals surface area contributed by atoms with Crippen LogP contribution in [0.4, 0.5) is 5.69 Å². The third-order valence-electron chi connectivity index (χ3n) is 2.98. The zero-order valence-electron chi connectivity index (χ0n) is 11.9. The first kappa shape index (κ1) is 15.3. The molecular weight excluding hydrogens is 278 g/mol. The predicted molar refractivity (Wildman–Crippen MR) is 82.9 cm³/mol. The van der Waals surface area contributed by atoms with Crippen molar-refractivity contribution in [2.75, 3.05) is 11.9 Å². The van der Waals surface area contributed by atoms with Crippen molar-refractivity contribution in [3.05, 3.63) is 65.7 Å². The van der Waals surface area contributed by atoms with Gasteiger partial charge in [0.1, 0.15) is 6.07 Å². The van der Waals surface area contributed by atoms with Crippen LogP contribution in [0.15, 0.2) is 54.6 Å². The number of nitriles is 1. The summed E-state index contributed by atoms with van der Waals surface area (Å²) in [5.74, 6) is -0.598. The van der Waals surface area contributed by atoms with E-state index in [-0.39, 0.29) is 24.8 Å². The molecule has 22 heavy (non-hydrogen) atoms. The molecule has 0 aromatic heterocycles. The van der Waals surface area contributed by atoms with E-state index in [9.17, 15) is 9.59 Å². The van der Waals surface area contributed by atoms with Crippen molar-refractivity contribution < 1.29 is 9.59 Å². The number of nitrogens with zero attached hydrogens (tertiary/aromatic N) is 1. The minimum absolute atomic E-state index is 0.134. The average Bonchev–Trinajstić information content (AvgIpc) is 2.54. The first-order valence-electron chi connectivity index (χ1n) is 6.78. The van der Waals surface area contributed by atoms with E-state index >= 15 is 0 Å². The number of rotatable bonds is 5. The molecule has 0 fully saturated rings. The summed E-state index contributed by atoms with van der Waals surface area (Å²) in [7, 11) is 0. The van der Waals surface area contributed by atoms with Gasteiger partial charge in [0.15, 0.2) is 0 Å². The van der Waals surface area contributed by atoms with Crippen molar-refractivity contribution in [3.63, 3.8) is 0 Å². The van der Waals surface area contributed by atoms with Crippen molar-refractivity contribution in [2.45, 2.75) is 6.42 Å². The second-order valence-corrected chi connectivity index (χ2v) is 4.64. The van der Waals surface area contributed by atoms with Gasteiger partial charge in [-0.25, -0.2) is 0 Å². The molecule has 2 N–H and O–H groups in total. The zero-order valence-corrected chi connectivity index (χ0v) is 11.9. The zero-order chi connectivity index (χ0) is 15.8. The second kappa shape index (κ2) is 7.60. The van der Waals surface area contributed by atoms with E-state index in [1.165, 1.54) is 0 Å². The first-order valence-corrected chi connectivity index (χ1v) is 6.78. The highest BCUT2D eigenvalue weighted by Gasteiger charge is 2.08. The second-order valence-electron chi connectivity index (χ2n) is 4.64. The Kier molecular flexibility index (Phi) is 5.27. The summed E-state index contributed by atoms with van der Waals surface area (Å²) >= 11 is 0. The Morgan fingerprint density at radius 2 is 1.64 bits per heavy atom. The molecule has 2 amide bonds. The molecule has 5 nitrogen and oxygen atoms in total. The maximum Gasteiger partial charge on any atom is 0.243 e. The summed E-state index contributed by atoms with van der Waals surface area (Å²) in [5.41, 5.74) is 1.70. The molecule has 110 valence electrons. The molecule has 0 unspecified atom stereocenters. The Morgan fingerprint density at radius 3 is 2.36 bits per heavy atom.